The number of amides is 1. The zero-order chi connectivity index (χ0) is 19.0. The first-order valence-electron chi connectivity index (χ1n) is 7.92. The van der Waals surface area contributed by atoms with Crippen molar-refractivity contribution in [1.82, 2.24) is 4.90 Å². The second kappa shape index (κ2) is 7.39. The van der Waals surface area contributed by atoms with Crippen LogP contribution in [0.15, 0.2) is 28.1 Å². The van der Waals surface area contributed by atoms with E-state index >= 15 is 0 Å². The number of aliphatic hydroxyl groups excluding tert-OH is 1. The van der Waals surface area contributed by atoms with Crippen molar-refractivity contribution in [3.8, 4) is 0 Å². The number of fused-ring (bicyclic) bond motifs is 1. The molecular formula is C16H18N2O6S2. The number of carbonyl (C=O) groups is 3. The molecule has 4 atom stereocenters. The number of nitrogens with two attached hydrogens (primary N) is 1. The fourth-order valence-electron chi connectivity index (χ4n) is 3.28. The molecule has 140 valence electrons. The van der Waals surface area contributed by atoms with Crippen LogP contribution in [0.25, 0.3) is 0 Å². The molecule has 26 heavy (non-hydrogen) atoms. The highest BCUT2D eigenvalue weighted by Crippen LogP contribution is 2.47. The lowest BCUT2D eigenvalue weighted by Crippen LogP contribution is -2.62. The van der Waals surface area contributed by atoms with Crippen molar-refractivity contribution in [2.75, 3.05) is 5.75 Å². The van der Waals surface area contributed by atoms with Gasteiger partial charge in [-0.2, -0.15) is 0 Å². The van der Waals surface area contributed by atoms with Crippen molar-refractivity contribution >= 4 is 40.9 Å². The van der Waals surface area contributed by atoms with Gasteiger partial charge >= 0.3 is 11.9 Å². The SMILES string of the molecule is N[C@@H](CSC1=C(C(=O)O)N2C(=O)[C@H](C(O)Cc3cccs3)[C@H]2C1)C(=O)O. The Morgan fingerprint density at radius 1 is 1.42 bits per heavy atom. The molecule has 0 bridgehead atoms. The van der Waals surface area contributed by atoms with E-state index in [-0.39, 0.29) is 17.9 Å². The average Bonchev–Trinajstić information content (AvgIpc) is 3.18. The number of β-lactam (4-membered cyclic amide) rings is 1. The topological polar surface area (TPSA) is 141 Å². The smallest absolute Gasteiger partial charge is 0.353 e. The van der Waals surface area contributed by atoms with Crippen LogP contribution in [0.3, 0.4) is 0 Å². The Morgan fingerprint density at radius 2 is 2.15 bits per heavy atom. The fraction of sp³-hybridized carbons (Fsp3) is 0.438. The number of thioether (sulfide) groups is 1. The Bertz CT molecular complexity index is 763. The van der Waals surface area contributed by atoms with Crippen molar-refractivity contribution in [1.29, 1.82) is 0 Å². The summed E-state index contributed by atoms with van der Waals surface area (Å²) in [4.78, 5) is 37.5. The Balaban J connectivity index is 1.71. The summed E-state index contributed by atoms with van der Waals surface area (Å²) in [6.07, 6.45) is -0.257. The van der Waals surface area contributed by atoms with Crippen molar-refractivity contribution in [3.05, 3.63) is 33.0 Å². The maximum Gasteiger partial charge on any atom is 0.353 e. The Morgan fingerprint density at radius 3 is 2.73 bits per heavy atom. The zero-order valence-electron chi connectivity index (χ0n) is 13.6. The molecular weight excluding hydrogens is 380 g/mol. The van der Waals surface area contributed by atoms with Gasteiger partial charge in [0.25, 0.3) is 0 Å². The predicted octanol–water partition coefficient (Wildman–Crippen LogP) is 0.324. The summed E-state index contributed by atoms with van der Waals surface area (Å²) in [5.41, 5.74) is 5.35. The Kier molecular flexibility index (Phi) is 5.37. The number of aliphatic carboxylic acids is 2. The van der Waals surface area contributed by atoms with Crippen LogP contribution in [0, 0.1) is 5.92 Å². The van der Waals surface area contributed by atoms with Crippen LogP contribution in [0.4, 0.5) is 0 Å². The largest absolute Gasteiger partial charge is 0.480 e. The quantitative estimate of drug-likeness (QED) is 0.459. The normalized spacial score (nSPS) is 24.2. The van der Waals surface area contributed by atoms with Crippen LogP contribution >= 0.6 is 23.1 Å². The number of carbonyl (C=O) groups excluding carboxylic acids is 1. The molecule has 1 aromatic rings. The maximum atomic E-state index is 12.5. The van der Waals surface area contributed by atoms with Crippen LogP contribution in [0.5, 0.6) is 0 Å². The van der Waals surface area contributed by atoms with Gasteiger partial charge in [0.1, 0.15) is 11.7 Å². The molecule has 0 aliphatic carbocycles. The van der Waals surface area contributed by atoms with Crippen LogP contribution in [-0.2, 0) is 20.8 Å². The van der Waals surface area contributed by atoms with Crippen LogP contribution in [0.1, 0.15) is 11.3 Å². The summed E-state index contributed by atoms with van der Waals surface area (Å²) in [7, 11) is 0. The number of rotatable bonds is 8. The first-order chi connectivity index (χ1) is 12.3. The van der Waals surface area contributed by atoms with Gasteiger partial charge in [-0.3, -0.25) is 9.59 Å². The maximum absolute atomic E-state index is 12.5. The van der Waals surface area contributed by atoms with Gasteiger partial charge in [-0.1, -0.05) is 6.07 Å². The molecule has 1 fully saturated rings. The first-order valence-corrected chi connectivity index (χ1v) is 9.79. The number of hydrogen-bond donors (Lipinski definition) is 4. The molecule has 8 nitrogen and oxygen atoms in total. The van der Waals surface area contributed by atoms with E-state index in [0.29, 0.717) is 11.3 Å². The van der Waals surface area contributed by atoms with Crippen molar-refractivity contribution in [2.45, 2.75) is 31.0 Å². The van der Waals surface area contributed by atoms with Gasteiger partial charge in [0.2, 0.25) is 5.91 Å². The molecule has 0 saturated carbocycles. The summed E-state index contributed by atoms with van der Waals surface area (Å²) in [6, 6.07) is 2.21. The van der Waals surface area contributed by atoms with E-state index in [4.69, 9.17) is 10.8 Å². The minimum atomic E-state index is -1.24. The number of nitrogens with zero attached hydrogens (tertiary/aromatic N) is 1. The van der Waals surface area contributed by atoms with E-state index in [1.807, 2.05) is 17.5 Å². The number of hydrogen-bond acceptors (Lipinski definition) is 7. The van der Waals surface area contributed by atoms with E-state index in [2.05, 4.69) is 0 Å². The number of carboxylic acid groups (broad SMARTS) is 2. The summed E-state index contributed by atoms with van der Waals surface area (Å²) in [5, 5.41) is 30.7. The van der Waals surface area contributed by atoms with Gasteiger partial charge in [-0.25, -0.2) is 4.79 Å². The molecule has 0 aromatic carbocycles. The highest BCUT2D eigenvalue weighted by atomic mass is 32.2. The fourth-order valence-corrected chi connectivity index (χ4v) is 5.17. The second-order valence-electron chi connectivity index (χ2n) is 6.19. The summed E-state index contributed by atoms with van der Waals surface area (Å²) in [5.74, 6) is -3.46. The van der Waals surface area contributed by atoms with Crippen molar-refractivity contribution in [2.24, 2.45) is 11.7 Å². The average molecular weight is 398 g/mol. The molecule has 3 rings (SSSR count). The summed E-state index contributed by atoms with van der Waals surface area (Å²) >= 11 is 2.53. The zero-order valence-corrected chi connectivity index (χ0v) is 15.2. The van der Waals surface area contributed by atoms with E-state index in [1.54, 1.807) is 0 Å². The molecule has 0 spiro atoms. The van der Waals surface area contributed by atoms with Gasteiger partial charge in [-0.05, 0) is 11.4 Å². The summed E-state index contributed by atoms with van der Waals surface area (Å²) in [6.45, 7) is 0. The van der Waals surface area contributed by atoms with Crippen LogP contribution in [0.2, 0.25) is 0 Å². The monoisotopic (exact) mass is 398 g/mol. The second-order valence-corrected chi connectivity index (χ2v) is 8.34. The number of carboxylic acids is 2. The lowest BCUT2D eigenvalue weighted by molar-refractivity contribution is -0.161. The van der Waals surface area contributed by atoms with Gasteiger partial charge in [0.15, 0.2) is 0 Å². The molecule has 1 amide bonds. The minimum absolute atomic E-state index is 0.0125. The first kappa shape index (κ1) is 18.9. The molecule has 0 radical (unpaired) electrons. The molecule has 1 saturated heterocycles. The standard InChI is InChI=1S/C16H18N2O6S2/c17-8(15(21)22)6-26-11-5-9-12(10(19)4-7-2-1-3-25-7)14(20)18(9)13(11)16(23)24/h1-3,8-10,12,19H,4-6,17H2,(H,21,22)(H,23,24)/t8-,9+,10?,12-/m0/s1. The van der Waals surface area contributed by atoms with Gasteiger partial charge in [0.05, 0.1) is 18.1 Å². The Labute approximate surface area is 157 Å². The van der Waals surface area contributed by atoms with Gasteiger partial charge in [0, 0.05) is 28.4 Å². The highest BCUT2D eigenvalue weighted by Gasteiger charge is 2.57. The minimum Gasteiger partial charge on any atom is -0.480 e. The highest BCUT2D eigenvalue weighted by molar-refractivity contribution is 8.03. The third-order valence-corrected chi connectivity index (χ3v) is 6.66. The predicted molar refractivity (Wildman–Crippen MR) is 95.5 cm³/mol. The lowest BCUT2D eigenvalue weighted by Gasteiger charge is -2.45. The van der Waals surface area contributed by atoms with Crippen LogP contribution in [-0.4, -0.2) is 62.0 Å². The van der Waals surface area contributed by atoms with Gasteiger partial charge < -0.3 is 26.0 Å². The molecule has 1 aromatic heterocycles. The summed E-state index contributed by atoms with van der Waals surface area (Å²) < 4.78 is 0. The van der Waals surface area contributed by atoms with Crippen LogP contribution < -0.4 is 5.73 Å². The van der Waals surface area contributed by atoms with E-state index in [9.17, 15) is 24.6 Å². The van der Waals surface area contributed by atoms with E-state index in [1.165, 1.54) is 16.2 Å². The van der Waals surface area contributed by atoms with E-state index < -0.39 is 42.0 Å². The Hall–Kier alpha value is -1.88. The lowest BCUT2D eigenvalue weighted by atomic mass is 9.81. The van der Waals surface area contributed by atoms with Crippen molar-refractivity contribution in [3.63, 3.8) is 0 Å². The third-order valence-electron chi connectivity index (χ3n) is 4.53. The van der Waals surface area contributed by atoms with Gasteiger partial charge in [-0.15, -0.1) is 23.1 Å². The molecule has 10 heteroatoms. The molecule has 5 N–H and O–H groups in total. The van der Waals surface area contributed by atoms with Crippen molar-refractivity contribution < 1.29 is 29.7 Å². The van der Waals surface area contributed by atoms with E-state index in [0.717, 1.165) is 16.6 Å². The molecule has 3 heterocycles. The molecule has 1 unspecified atom stereocenters. The number of thiophene rings is 1. The molecule has 2 aliphatic heterocycles. The number of aliphatic hydroxyl groups is 1. The molecule has 2 aliphatic rings. The third kappa shape index (κ3) is 3.37.